The highest BCUT2D eigenvalue weighted by molar-refractivity contribution is 5.91. The maximum atomic E-state index is 13.2. The summed E-state index contributed by atoms with van der Waals surface area (Å²) in [6, 6.07) is 0. The molecular weight excluding hydrogens is 334 g/mol. The molecule has 150 valence electrons. The summed E-state index contributed by atoms with van der Waals surface area (Å²) in [4.78, 5) is 27.3. The highest BCUT2D eigenvalue weighted by atomic mass is 16.2. The van der Waals surface area contributed by atoms with Crippen LogP contribution in [0.4, 0.5) is 0 Å². The lowest BCUT2D eigenvalue weighted by Crippen LogP contribution is -2.52. The van der Waals surface area contributed by atoms with Crippen LogP contribution < -0.4 is 0 Å². The summed E-state index contributed by atoms with van der Waals surface area (Å²) in [5.74, 6) is 3.12. The Morgan fingerprint density at radius 3 is 2.48 bits per heavy atom. The van der Waals surface area contributed by atoms with E-state index in [0.717, 1.165) is 44.7 Å². The van der Waals surface area contributed by atoms with Gasteiger partial charge in [0.2, 0.25) is 5.91 Å². The molecule has 6 atom stereocenters. The Hall–Kier alpha value is -1.12. The number of amides is 1. The molecule has 0 aromatic rings. The number of allylic oxidation sites excluding steroid dienone is 1. The maximum Gasteiger partial charge on any atom is 0.226 e. The third-order valence-corrected chi connectivity index (χ3v) is 9.34. The van der Waals surface area contributed by atoms with E-state index in [1.54, 1.807) is 0 Å². The number of carbonyl (C=O) groups excluding carboxylic acids is 2. The summed E-state index contributed by atoms with van der Waals surface area (Å²) < 4.78 is 0. The molecule has 0 saturated heterocycles. The number of rotatable bonds is 3. The van der Waals surface area contributed by atoms with Gasteiger partial charge in [0.15, 0.2) is 5.78 Å². The van der Waals surface area contributed by atoms with Crippen molar-refractivity contribution in [2.24, 2.45) is 34.5 Å². The maximum absolute atomic E-state index is 13.2. The molecule has 0 heterocycles. The average molecular weight is 372 g/mol. The van der Waals surface area contributed by atoms with Crippen LogP contribution in [0.1, 0.15) is 79.1 Å². The lowest BCUT2D eigenvalue weighted by atomic mass is 9.47. The molecule has 4 aliphatic carbocycles. The predicted octanol–water partition coefficient (Wildman–Crippen LogP) is 5.00. The predicted molar refractivity (Wildman–Crippen MR) is 108 cm³/mol. The number of fused-ring (bicyclic) bond motifs is 5. The minimum absolute atomic E-state index is 0.183. The molecule has 3 nitrogen and oxygen atoms in total. The lowest BCUT2D eigenvalue weighted by Gasteiger charge is -2.58. The van der Waals surface area contributed by atoms with Crippen LogP contribution in [-0.2, 0) is 9.59 Å². The first-order valence-corrected chi connectivity index (χ1v) is 11.4. The second-order valence-electron chi connectivity index (χ2n) is 10.2. The minimum atomic E-state index is 0.183. The zero-order chi connectivity index (χ0) is 19.4. The molecule has 0 unspecified atom stereocenters. The molecule has 0 N–H and O–H groups in total. The topological polar surface area (TPSA) is 37.4 Å². The molecule has 3 saturated carbocycles. The van der Waals surface area contributed by atoms with Crippen LogP contribution in [0.2, 0.25) is 0 Å². The number of hydrogen-bond donors (Lipinski definition) is 0. The van der Waals surface area contributed by atoms with Crippen molar-refractivity contribution in [3.63, 3.8) is 0 Å². The third kappa shape index (κ3) is 2.75. The van der Waals surface area contributed by atoms with Gasteiger partial charge in [0, 0.05) is 25.4 Å². The molecule has 0 aromatic heterocycles. The Morgan fingerprint density at radius 2 is 1.78 bits per heavy atom. The summed E-state index contributed by atoms with van der Waals surface area (Å²) in [7, 11) is 0. The molecule has 0 aromatic carbocycles. The Labute approximate surface area is 165 Å². The smallest absolute Gasteiger partial charge is 0.226 e. The van der Waals surface area contributed by atoms with Crippen molar-refractivity contribution in [3.05, 3.63) is 11.6 Å². The largest absolute Gasteiger partial charge is 0.343 e. The number of hydrogen-bond acceptors (Lipinski definition) is 2. The molecule has 3 heteroatoms. The quantitative estimate of drug-likeness (QED) is 0.700. The lowest BCUT2D eigenvalue weighted by molar-refractivity contribution is -0.142. The molecule has 0 spiro atoms. The van der Waals surface area contributed by atoms with Gasteiger partial charge in [-0.1, -0.05) is 19.4 Å². The average Bonchev–Trinajstić information content (AvgIpc) is 3.00. The second kappa shape index (κ2) is 6.74. The van der Waals surface area contributed by atoms with Crippen LogP contribution in [0.5, 0.6) is 0 Å². The van der Waals surface area contributed by atoms with Crippen molar-refractivity contribution < 1.29 is 9.59 Å². The number of ketones is 1. The zero-order valence-corrected chi connectivity index (χ0v) is 17.7. The van der Waals surface area contributed by atoms with Crippen LogP contribution in [0.25, 0.3) is 0 Å². The van der Waals surface area contributed by atoms with Gasteiger partial charge in [-0.2, -0.15) is 0 Å². The molecule has 0 bridgehead atoms. The number of carbonyl (C=O) groups is 2. The minimum Gasteiger partial charge on any atom is -0.343 e. The van der Waals surface area contributed by atoms with Crippen LogP contribution in [0.3, 0.4) is 0 Å². The molecular formula is C24H37NO2. The van der Waals surface area contributed by atoms with Crippen molar-refractivity contribution in [2.75, 3.05) is 13.1 Å². The molecule has 0 aliphatic heterocycles. The van der Waals surface area contributed by atoms with E-state index < -0.39 is 0 Å². The van der Waals surface area contributed by atoms with Gasteiger partial charge in [-0.3, -0.25) is 9.59 Å². The molecule has 4 aliphatic rings. The standard InChI is InChI=1S/C24H37NO2/c1-5-25(6-2)22(27)21-10-9-19-18-8-7-16-15-17(26)11-13-23(16,3)20(18)12-14-24(19,21)4/h15,18-21H,5-14H2,1-4H3/t18-,19-,20-,21-,23-,24-/m0/s1. The number of nitrogens with zero attached hydrogens (tertiary/aromatic N) is 1. The molecule has 0 radical (unpaired) electrons. The monoisotopic (exact) mass is 371 g/mol. The normalized spacial score (nSPS) is 43.4. The summed E-state index contributed by atoms with van der Waals surface area (Å²) in [5.41, 5.74) is 1.86. The first-order chi connectivity index (χ1) is 12.8. The molecule has 3 fully saturated rings. The Balaban J connectivity index is 1.60. The Kier molecular flexibility index (Phi) is 4.79. The summed E-state index contributed by atoms with van der Waals surface area (Å²) in [6.07, 6.45) is 10.8. The van der Waals surface area contributed by atoms with Gasteiger partial charge < -0.3 is 4.90 Å². The van der Waals surface area contributed by atoms with E-state index in [-0.39, 0.29) is 16.7 Å². The van der Waals surface area contributed by atoms with Crippen LogP contribution in [0.15, 0.2) is 11.6 Å². The Bertz CT molecular complexity index is 663. The van der Waals surface area contributed by atoms with Gasteiger partial charge in [0.25, 0.3) is 0 Å². The van der Waals surface area contributed by atoms with Gasteiger partial charge in [-0.15, -0.1) is 0 Å². The highest BCUT2D eigenvalue weighted by Gasteiger charge is 2.60. The zero-order valence-electron chi connectivity index (χ0n) is 17.7. The van der Waals surface area contributed by atoms with E-state index >= 15 is 0 Å². The first kappa shape index (κ1) is 19.2. The van der Waals surface area contributed by atoms with E-state index in [1.807, 2.05) is 6.08 Å². The van der Waals surface area contributed by atoms with Crippen molar-refractivity contribution in [3.8, 4) is 0 Å². The van der Waals surface area contributed by atoms with Gasteiger partial charge in [-0.25, -0.2) is 0 Å². The van der Waals surface area contributed by atoms with E-state index in [1.165, 1.54) is 31.3 Å². The fraction of sp³-hybridized carbons (Fsp3) is 0.833. The van der Waals surface area contributed by atoms with Crippen molar-refractivity contribution >= 4 is 11.7 Å². The van der Waals surface area contributed by atoms with Gasteiger partial charge in [-0.05, 0) is 93.5 Å². The molecule has 4 rings (SSSR count). The van der Waals surface area contributed by atoms with Crippen molar-refractivity contribution in [1.29, 1.82) is 0 Å². The summed E-state index contributed by atoms with van der Waals surface area (Å²) in [5, 5.41) is 0. The molecule has 27 heavy (non-hydrogen) atoms. The van der Waals surface area contributed by atoms with Crippen LogP contribution >= 0.6 is 0 Å². The molecule has 1 amide bonds. The summed E-state index contributed by atoms with van der Waals surface area (Å²) >= 11 is 0. The third-order valence-electron chi connectivity index (χ3n) is 9.34. The van der Waals surface area contributed by atoms with Crippen LogP contribution in [-0.4, -0.2) is 29.7 Å². The van der Waals surface area contributed by atoms with Gasteiger partial charge >= 0.3 is 0 Å². The highest BCUT2D eigenvalue weighted by Crippen LogP contribution is 2.66. The fourth-order valence-corrected chi connectivity index (χ4v) is 7.72. The Morgan fingerprint density at radius 1 is 1.04 bits per heavy atom. The second-order valence-corrected chi connectivity index (χ2v) is 10.2. The van der Waals surface area contributed by atoms with E-state index in [9.17, 15) is 9.59 Å². The SMILES string of the molecule is CCN(CC)C(=O)[C@@H]1CC[C@H]2[C@@H]3CCC4=CC(=O)CC[C@]4(C)[C@H]3CC[C@]12C. The first-order valence-electron chi connectivity index (χ1n) is 11.4. The summed E-state index contributed by atoms with van der Waals surface area (Å²) in [6.45, 7) is 10.8. The van der Waals surface area contributed by atoms with Gasteiger partial charge in [0.1, 0.15) is 0 Å². The van der Waals surface area contributed by atoms with E-state index in [4.69, 9.17) is 0 Å². The van der Waals surface area contributed by atoms with Crippen molar-refractivity contribution in [2.45, 2.75) is 79.1 Å². The fourth-order valence-electron chi connectivity index (χ4n) is 7.72. The van der Waals surface area contributed by atoms with E-state index in [2.05, 4.69) is 32.6 Å². The van der Waals surface area contributed by atoms with Crippen LogP contribution in [0, 0.1) is 34.5 Å². The van der Waals surface area contributed by atoms with E-state index in [0.29, 0.717) is 23.5 Å². The van der Waals surface area contributed by atoms with Gasteiger partial charge in [0.05, 0.1) is 0 Å². The van der Waals surface area contributed by atoms with Crippen molar-refractivity contribution in [1.82, 2.24) is 4.90 Å².